The summed E-state index contributed by atoms with van der Waals surface area (Å²) < 4.78 is 5.36. The van der Waals surface area contributed by atoms with E-state index in [1.165, 1.54) is 0 Å². The van der Waals surface area contributed by atoms with Crippen LogP contribution in [0.1, 0.15) is 19.4 Å². The zero-order valence-electron chi connectivity index (χ0n) is 10.8. The SMILES string of the molecule is C[C@@H]1CN(c2cccc3c2OC(=O)C3)C[C@H](C)N1. The van der Waals surface area contributed by atoms with Crippen LogP contribution in [0.2, 0.25) is 0 Å². The fourth-order valence-corrected chi connectivity index (χ4v) is 2.91. The zero-order chi connectivity index (χ0) is 12.7. The molecular formula is C14H18N2O2. The number of fused-ring (bicyclic) bond motifs is 1. The molecule has 2 atom stereocenters. The molecule has 4 nitrogen and oxygen atoms in total. The van der Waals surface area contributed by atoms with Gasteiger partial charge in [0.05, 0.1) is 12.1 Å². The number of rotatable bonds is 1. The molecule has 0 bridgehead atoms. The summed E-state index contributed by atoms with van der Waals surface area (Å²) in [4.78, 5) is 13.7. The van der Waals surface area contributed by atoms with Gasteiger partial charge in [-0.05, 0) is 19.9 Å². The second-order valence-electron chi connectivity index (χ2n) is 5.29. The lowest BCUT2D eigenvalue weighted by atomic mass is 10.1. The second kappa shape index (κ2) is 4.28. The van der Waals surface area contributed by atoms with E-state index in [1.807, 2.05) is 18.2 Å². The van der Waals surface area contributed by atoms with Gasteiger partial charge in [-0.1, -0.05) is 12.1 Å². The summed E-state index contributed by atoms with van der Waals surface area (Å²) in [7, 11) is 0. The molecule has 0 amide bonds. The number of ether oxygens (including phenoxy) is 1. The van der Waals surface area contributed by atoms with Crippen LogP contribution < -0.4 is 15.0 Å². The van der Waals surface area contributed by atoms with Crippen molar-refractivity contribution in [3.8, 4) is 5.75 Å². The van der Waals surface area contributed by atoms with Gasteiger partial charge in [0.2, 0.25) is 0 Å². The van der Waals surface area contributed by atoms with Crippen LogP contribution in [0.5, 0.6) is 5.75 Å². The maximum Gasteiger partial charge on any atom is 0.315 e. The first-order valence-corrected chi connectivity index (χ1v) is 6.47. The first-order chi connectivity index (χ1) is 8.63. The van der Waals surface area contributed by atoms with Crippen LogP contribution >= 0.6 is 0 Å². The van der Waals surface area contributed by atoms with Gasteiger partial charge in [-0.25, -0.2) is 0 Å². The Labute approximate surface area is 107 Å². The smallest absolute Gasteiger partial charge is 0.315 e. The van der Waals surface area contributed by atoms with Crippen molar-refractivity contribution in [2.24, 2.45) is 0 Å². The molecule has 1 fully saturated rings. The normalized spacial score (nSPS) is 27.0. The topological polar surface area (TPSA) is 41.6 Å². The van der Waals surface area contributed by atoms with Crippen molar-refractivity contribution in [1.29, 1.82) is 0 Å². The molecular weight excluding hydrogens is 228 g/mol. The Morgan fingerprint density at radius 3 is 2.72 bits per heavy atom. The van der Waals surface area contributed by atoms with Crippen molar-refractivity contribution in [3.05, 3.63) is 23.8 Å². The van der Waals surface area contributed by atoms with Crippen molar-refractivity contribution in [2.75, 3.05) is 18.0 Å². The van der Waals surface area contributed by atoms with Crippen LogP contribution in [-0.2, 0) is 11.2 Å². The minimum Gasteiger partial charge on any atom is -0.424 e. The fourth-order valence-electron chi connectivity index (χ4n) is 2.91. The van der Waals surface area contributed by atoms with Crippen LogP contribution in [-0.4, -0.2) is 31.1 Å². The monoisotopic (exact) mass is 246 g/mol. The molecule has 0 unspecified atom stereocenters. The van der Waals surface area contributed by atoms with E-state index in [-0.39, 0.29) is 5.97 Å². The summed E-state index contributed by atoms with van der Waals surface area (Å²) in [5, 5.41) is 3.51. The van der Waals surface area contributed by atoms with Crippen LogP contribution in [0.4, 0.5) is 5.69 Å². The Morgan fingerprint density at radius 1 is 1.28 bits per heavy atom. The van der Waals surface area contributed by atoms with Gasteiger partial charge in [0, 0.05) is 30.7 Å². The van der Waals surface area contributed by atoms with Gasteiger partial charge in [0.25, 0.3) is 0 Å². The summed E-state index contributed by atoms with van der Waals surface area (Å²) in [6, 6.07) is 6.91. The van der Waals surface area contributed by atoms with Crippen LogP contribution in [0.15, 0.2) is 18.2 Å². The predicted octanol–water partition coefficient (Wildman–Crippen LogP) is 1.33. The number of para-hydroxylation sites is 1. The standard InChI is InChI=1S/C14H18N2O2/c1-9-7-16(8-10(2)15-9)12-5-3-4-11-6-13(17)18-14(11)12/h3-5,9-10,15H,6-8H2,1-2H3/t9-,10+. The van der Waals surface area contributed by atoms with Crippen molar-refractivity contribution in [1.82, 2.24) is 5.32 Å². The molecule has 2 aliphatic heterocycles. The Balaban J connectivity index is 1.93. The van der Waals surface area contributed by atoms with E-state index in [4.69, 9.17) is 4.74 Å². The molecule has 1 N–H and O–H groups in total. The average molecular weight is 246 g/mol. The molecule has 1 aromatic rings. The molecule has 18 heavy (non-hydrogen) atoms. The van der Waals surface area contributed by atoms with E-state index >= 15 is 0 Å². The lowest BCUT2D eigenvalue weighted by Crippen LogP contribution is -2.54. The molecule has 2 heterocycles. The molecule has 3 rings (SSSR count). The second-order valence-corrected chi connectivity index (χ2v) is 5.29. The molecule has 4 heteroatoms. The van der Waals surface area contributed by atoms with E-state index in [0.717, 1.165) is 30.1 Å². The summed E-state index contributed by atoms with van der Waals surface area (Å²) in [5.41, 5.74) is 2.06. The third-order valence-electron chi connectivity index (χ3n) is 3.52. The molecule has 2 aliphatic rings. The molecule has 1 saturated heterocycles. The van der Waals surface area contributed by atoms with Gasteiger partial charge < -0.3 is 15.0 Å². The number of esters is 1. The van der Waals surface area contributed by atoms with Crippen molar-refractivity contribution in [3.63, 3.8) is 0 Å². The van der Waals surface area contributed by atoms with E-state index in [9.17, 15) is 4.79 Å². The van der Waals surface area contributed by atoms with Gasteiger partial charge >= 0.3 is 5.97 Å². The van der Waals surface area contributed by atoms with Gasteiger partial charge in [-0.3, -0.25) is 4.79 Å². The maximum absolute atomic E-state index is 11.4. The molecule has 0 radical (unpaired) electrons. The number of hydrogen-bond donors (Lipinski definition) is 1. The predicted molar refractivity (Wildman–Crippen MR) is 70.1 cm³/mol. The number of anilines is 1. The van der Waals surface area contributed by atoms with E-state index in [1.54, 1.807) is 0 Å². The number of carbonyl (C=O) groups excluding carboxylic acids is 1. The number of carbonyl (C=O) groups is 1. The molecule has 0 spiro atoms. The molecule has 0 aliphatic carbocycles. The Kier molecular flexibility index (Phi) is 2.74. The molecule has 0 saturated carbocycles. The van der Waals surface area contributed by atoms with E-state index in [0.29, 0.717) is 18.5 Å². The highest BCUT2D eigenvalue weighted by atomic mass is 16.5. The van der Waals surface area contributed by atoms with Crippen LogP contribution in [0, 0.1) is 0 Å². The molecule has 0 aromatic heterocycles. The highest BCUT2D eigenvalue weighted by Crippen LogP contribution is 2.37. The highest BCUT2D eigenvalue weighted by molar-refractivity contribution is 5.85. The number of hydrogen-bond acceptors (Lipinski definition) is 4. The Bertz CT molecular complexity index is 477. The average Bonchev–Trinajstić information content (AvgIpc) is 2.67. The van der Waals surface area contributed by atoms with Gasteiger partial charge in [-0.2, -0.15) is 0 Å². The fraction of sp³-hybridized carbons (Fsp3) is 0.500. The Hall–Kier alpha value is -1.55. The summed E-state index contributed by atoms with van der Waals surface area (Å²) in [6.07, 6.45) is 0.403. The summed E-state index contributed by atoms with van der Waals surface area (Å²) >= 11 is 0. The van der Waals surface area contributed by atoms with Crippen molar-refractivity contribution >= 4 is 11.7 Å². The lowest BCUT2D eigenvalue weighted by Gasteiger charge is -2.38. The number of piperazine rings is 1. The first kappa shape index (κ1) is 11.5. The largest absolute Gasteiger partial charge is 0.424 e. The van der Waals surface area contributed by atoms with E-state index < -0.39 is 0 Å². The third-order valence-corrected chi connectivity index (χ3v) is 3.52. The van der Waals surface area contributed by atoms with Crippen molar-refractivity contribution < 1.29 is 9.53 Å². The van der Waals surface area contributed by atoms with Gasteiger partial charge in [0.1, 0.15) is 0 Å². The number of nitrogens with one attached hydrogen (secondary N) is 1. The lowest BCUT2D eigenvalue weighted by molar-refractivity contribution is -0.131. The Morgan fingerprint density at radius 2 is 2.00 bits per heavy atom. The van der Waals surface area contributed by atoms with Crippen LogP contribution in [0.3, 0.4) is 0 Å². The quantitative estimate of drug-likeness (QED) is 0.599. The molecule has 1 aromatic carbocycles. The van der Waals surface area contributed by atoms with Gasteiger partial charge in [-0.15, -0.1) is 0 Å². The van der Waals surface area contributed by atoms with Gasteiger partial charge in [0.15, 0.2) is 5.75 Å². The minimum atomic E-state index is -0.145. The number of benzene rings is 1. The molecule has 96 valence electrons. The number of nitrogens with zero attached hydrogens (tertiary/aromatic N) is 1. The third kappa shape index (κ3) is 1.97. The van der Waals surface area contributed by atoms with Crippen molar-refractivity contribution in [2.45, 2.75) is 32.4 Å². The summed E-state index contributed by atoms with van der Waals surface area (Å²) in [6.45, 7) is 6.24. The zero-order valence-corrected chi connectivity index (χ0v) is 10.8. The maximum atomic E-state index is 11.4. The minimum absolute atomic E-state index is 0.145. The highest BCUT2D eigenvalue weighted by Gasteiger charge is 2.28. The van der Waals surface area contributed by atoms with Crippen LogP contribution in [0.25, 0.3) is 0 Å². The van der Waals surface area contributed by atoms with E-state index in [2.05, 4.69) is 24.1 Å². The summed E-state index contributed by atoms with van der Waals surface area (Å²) in [5.74, 6) is 0.623. The first-order valence-electron chi connectivity index (χ1n) is 6.47.